The molecule has 0 amide bonds. The summed E-state index contributed by atoms with van der Waals surface area (Å²) < 4.78 is 40.2. The molecule has 0 saturated heterocycles. The first-order valence-electron chi connectivity index (χ1n) is 9.55. The van der Waals surface area contributed by atoms with E-state index in [4.69, 9.17) is 59.6 Å². The fourth-order valence-electron chi connectivity index (χ4n) is 1.23. The Morgan fingerprint density at radius 1 is 0.395 bits per heavy atom. The van der Waals surface area contributed by atoms with Gasteiger partial charge >= 0.3 is 54.3 Å². The van der Waals surface area contributed by atoms with Crippen molar-refractivity contribution in [1.29, 1.82) is 0 Å². The van der Waals surface area contributed by atoms with Crippen LogP contribution in [0.5, 0.6) is 0 Å². The number of carboxylic acid groups (broad SMARTS) is 4. The van der Waals surface area contributed by atoms with E-state index in [9.17, 15) is 37.4 Å². The SMILES string of the molecule is Br.Br.O.O=C(O)CNCP(=O)(O)O.O=C(O)CNCP(=O)(O)O.O=C(O)CNCP(=O)(O)O.O=C(O)CNCP(=O)(O)O. The third kappa shape index (κ3) is 85.6. The minimum Gasteiger partial charge on any atom is -0.480 e. The highest BCUT2D eigenvalue weighted by atomic mass is 79.9. The van der Waals surface area contributed by atoms with Gasteiger partial charge in [-0.05, 0) is 0 Å². The zero-order valence-corrected chi connectivity index (χ0v) is 28.4. The second-order valence-corrected chi connectivity index (χ2v) is 13.2. The van der Waals surface area contributed by atoms with Gasteiger partial charge in [0, 0.05) is 0 Å². The molecule has 0 heterocycles. The van der Waals surface area contributed by atoms with Gasteiger partial charge in [0.05, 0.1) is 51.3 Å². The maximum atomic E-state index is 10.1. The third-order valence-electron chi connectivity index (χ3n) is 2.38. The Bertz CT molecular complexity index is 814. The lowest BCUT2D eigenvalue weighted by atomic mass is 10.7. The number of carbonyl (C=O) groups is 4. The summed E-state index contributed by atoms with van der Waals surface area (Å²) in [4.78, 5) is 105. The smallest absolute Gasteiger partial charge is 0.339 e. The molecule has 0 aliphatic heterocycles. The molecule has 0 spiro atoms. The Balaban J connectivity index is -0.0000000785. The van der Waals surface area contributed by atoms with Crippen molar-refractivity contribution < 1.29 is 102 Å². The predicted octanol–water partition coefficient (Wildman–Crippen LogP) is -4.49. The van der Waals surface area contributed by atoms with Crippen LogP contribution in [0.15, 0.2) is 0 Å². The van der Waals surface area contributed by atoms with Crippen molar-refractivity contribution >= 4 is 88.2 Å². The van der Waals surface area contributed by atoms with E-state index < -0.39 is 106 Å². The highest BCUT2D eigenvalue weighted by Crippen LogP contribution is 2.33. The molecule has 0 radical (unpaired) electrons. The Morgan fingerprint density at radius 2 is 0.512 bits per heavy atom. The van der Waals surface area contributed by atoms with Crippen molar-refractivity contribution in [2.24, 2.45) is 0 Å². The molecular weight excluding hydrogens is 820 g/mol. The first-order chi connectivity index (χ1) is 17.7. The fraction of sp³-hybridized carbons (Fsp3) is 0.667. The van der Waals surface area contributed by atoms with E-state index in [0.29, 0.717) is 0 Å². The standard InChI is InChI=1S/4C3H8NO5P.2BrH.H2O/c4*5-3(6)1-4-2-10(7,8)9;;;/h4*4H,1-2H2,(H,5,6)(H2,7,8,9);2*1H;1H2. The average Bonchev–Trinajstić information content (AvgIpc) is 2.64. The van der Waals surface area contributed by atoms with E-state index in [0.717, 1.165) is 0 Å². The molecule has 264 valence electrons. The van der Waals surface area contributed by atoms with E-state index in [-0.39, 0.29) is 39.4 Å². The van der Waals surface area contributed by atoms with Crippen LogP contribution in [-0.2, 0) is 37.4 Å². The van der Waals surface area contributed by atoms with Crippen molar-refractivity contribution in [3.8, 4) is 0 Å². The van der Waals surface area contributed by atoms with Gasteiger partial charge in [-0.2, -0.15) is 0 Å². The Kier molecular flexibility index (Phi) is 40.3. The van der Waals surface area contributed by atoms with Gasteiger partial charge in [0.2, 0.25) is 0 Å². The van der Waals surface area contributed by atoms with Crippen molar-refractivity contribution in [3.05, 3.63) is 0 Å². The van der Waals surface area contributed by atoms with Crippen molar-refractivity contribution in [1.82, 2.24) is 21.3 Å². The minimum absolute atomic E-state index is 0. The molecule has 0 aromatic carbocycles. The van der Waals surface area contributed by atoms with Gasteiger partial charge in [-0.15, -0.1) is 34.0 Å². The van der Waals surface area contributed by atoms with Crippen molar-refractivity contribution in [3.63, 3.8) is 0 Å². The van der Waals surface area contributed by atoms with E-state index in [1.165, 1.54) is 0 Å². The van der Waals surface area contributed by atoms with Crippen LogP contribution in [0.2, 0.25) is 0 Å². The monoisotopic (exact) mass is 854 g/mol. The predicted molar refractivity (Wildman–Crippen MR) is 154 cm³/mol. The average molecular weight is 856 g/mol. The van der Waals surface area contributed by atoms with Gasteiger partial charge in [0.15, 0.2) is 0 Å². The van der Waals surface area contributed by atoms with Crippen LogP contribution >= 0.6 is 64.3 Å². The quantitative estimate of drug-likeness (QED) is 0.0651. The normalized spacial score (nSPS) is 10.6. The second-order valence-electron chi connectivity index (χ2n) is 6.57. The summed E-state index contributed by atoms with van der Waals surface area (Å²) in [5, 5.41) is 40.2. The summed E-state index contributed by atoms with van der Waals surface area (Å²) >= 11 is 0. The van der Waals surface area contributed by atoms with E-state index in [1.54, 1.807) is 0 Å². The molecule has 0 rings (SSSR count). The Morgan fingerprint density at radius 3 is 0.581 bits per heavy atom. The Labute approximate surface area is 263 Å². The lowest BCUT2D eigenvalue weighted by Crippen LogP contribution is -2.23. The zero-order chi connectivity index (χ0) is 32.8. The van der Waals surface area contributed by atoms with Gasteiger partial charge in [-0.1, -0.05) is 0 Å². The molecule has 43 heavy (non-hydrogen) atoms. The van der Waals surface area contributed by atoms with Crippen LogP contribution in [0.4, 0.5) is 0 Å². The van der Waals surface area contributed by atoms with E-state index in [2.05, 4.69) is 21.3 Å². The molecule has 0 aliphatic rings. The Hall–Kier alpha value is -0.760. The van der Waals surface area contributed by atoms with Crippen LogP contribution in [0.1, 0.15) is 0 Å². The number of hydrogen-bond acceptors (Lipinski definition) is 12. The summed E-state index contributed by atoms with van der Waals surface area (Å²) in [6.45, 7) is -1.76. The fourth-order valence-corrected chi connectivity index (χ4v) is 2.85. The van der Waals surface area contributed by atoms with Crippen LogP contribution in [0, 0.1) is 0 Å². The summed E-state index contributed by atoms with van der Waals surface area (Å²) in [5.74, 6) is -4.58. The summed E-state index contributed by atoms with van der Waals surface area (Å²) in [5.41, 5.74) is 0. The largest absolute Gasteiger partial charge is 0.480 e. The van der Waals surface area contributed by atoms with E-state index in [1.807, 2.05) is 0 Å². The molecule has 25 nitrogen and oxygen atoms in total. The highest BCUT2D eigenvalue weighted by Gasteiger charge is 2.13. The number of halogens is 2. The van der Waals surface area contributed by atoms with Gasteiger partial charge in [0.1, 0.15) is 0 Å². The van der Waals surface area contributed by atoms with Gasteiger partial charge in [-0.25, -0.2) is 0 Å². The number of aliphatic carboxylic acids is 4. The van der Waals surface area contributed by atoms with Crippen molar-refractivity contribution in [2.75, 3.05) is 51.3 Å². The summed E-state index contributed by atoms with van der Waals surface area (Å²) in [6, 6.07) is 0. The minimum atomic E-state index is -4.10. The van der Waals surface area contributed by atoms with Crippen molar-refractivity contribution in [2.45, 2.75) is 0 Å². The molecule has 0 unspecified atom stereocenters. The molecule has 18 N–H and O–H groups in total. The summed E-state index contributed by atoms with van der Waals surface area (Å²) in [6.07, 6.45) is -2.39. The molecular formula is C12H36Br2N4O21P4. The third-order valence-corrected chi connectivity index (χ3v) is 4.92. The molecule has 0 fully saturated rings. The topological polar surface area (TPSA) is 459 Å². The van der Waals surface area contributed by atoms with Crippen LogP contribution in [0.3, 0.4) is 0 Å². The van der Waals surface area contributed by atoms with E-state index >= 15 is 0 Å². The maximum Gasteiger partial charge on any atom is 0.339 e. The molecule has 0 atom stereocenters. The van der Waals surface area contributed by atoms with Crippen LogP contribution in [-0.4, -0.2) is 140 Å². The zero-order valence-electron chi connectivity index (χ0n) is 21.4. The first kappa shape index (κ1) is 57.8. The number of nitrogens with one attached hydrogen (secondary N) is 4. The highest BCUT2D eigenvalue weighted by molar-refractivity contribution is 8.93. The first-order valence-corrected chi connectivity index (χ1v) is 16.7. The number of hydrogen-bond donors (Lipinski definition) is 16. The molecule has 0 aromatic rings. The number of rotatable bonds is 16. The lowest BCUT2D eigenvalue weighted by molar-refractivity contribution is -0.136. The molecule has 0 saturated carbocycles. The lowest BCUT2D eigenvalue weighted by Gasteiger charge is -2.02. The van der Waals surface area contributed by atoms with Crippen LogP contribution in [0.25, 0.3) is 0 Å². The maximum absolute atomic E-state index is 10.1. The van der Waals surface area contributed by atoms with Gasteiger partial charge in [0.25, 0.3) is 0 Å². The summed E-state index contributed by atoms with van der Waals surface area (Å²) in [7, 11) is -16.4. The second kappa shape index (κ2) is 29.9. The molecule has 0 bridgehead atoms. The van der Waals surface area contributed by atoms with Crippen LogP contribution < -0.4 is 21.3 Å². The molecule has 0 aromatic heterocycles. The van der Waals surface area contributed by atoms with Gasteiger partial charge < -0.3 is 65.0 Å². The molecule has 0 aliphatic carbocycles. The van der Waals surface area contributed by atoms with Gasteiger partial charge in [-0.3, -0.25) is 58.7 Å². The number of carboxylic acids is 4. The molecule has 31 heteroatoms.